The van der Waals surface area contributed by atoms with Crippen LogP contribution in [0.25, 0.3) is 0 Å². The molecular formula is C18H20FN3O4. The van der Waals surface area contributed by atoms with Crippen LogP contribution in [0, 0.1) is 15.9 Å². The second-order valence-electron chi connectivity index (χ2n) is 5.86. The molecule has 0 spiro atoms. The van der Waals surface area contributed by atoms with Gasteiger partial charge in [-0.3, -0.25) is 14.9 Å². The summed E-state index contributed by atoms with van der Waals surface area (Å²) in [6.07, 6.45) is 0. The number of benzene rings is 2. The molecule has 8 heteroatoms. The van der Waals surface area contributed by atoms with Crippen molar-refractivity contribution in [2.75, 3.05) is 39.2 Å². The van der Waals surface area contributed by atoms with Crippen LogP contribution in [0.4, 0.5) is 15.8 Å². The van der Waals surface area contributed by atoms with E-state index in [0.29, 0.717) is 5.69 Å². The summed E-state index contributed by atoms with van der Waals surface area (Å²) in [6, 6.07) is 10.3. The van der Waals surface area contributed by atoms with Crippen molar-refractivity contribution in [3.8, 4) is 5.75 Å². The molecule has 0 bridgehead atoms. The highest BCUT2D eigenvalue weighted by atomic mass is 19.1. The Morgan fingerprint density at radius 1 is 1.19 bits per heavy atom. The number of hydrogen-bond acceptors (Lipinski definition) is 5. The first-order valence-electron chi connectivity index (χ1n) is 7.90. The first-order chi connectivity index (χ1) is 12.3. The van der Waals surface area contributed by atoms with Crippen LogP contribution < -0.4 is 9.64 Å². The maximum Gasteiger partial charge on any atom is 0.293 e. The summed E-state index contributed by atoms with van der Waals surface area (Å²) in [5, 5.41) is 11.2. The standard InChI is InChI=1S/C18H20FN3O4/c1-20(2)15-9-8-13(12-16(15)22(24)25)18(23)21(3)10-11-26-17-7-5-4-6-14(17)19/h4-9,12H,10-11H2,1-3H3. The summed E-state index contributed by atoms with van der Waals surface area (Å²) >= 11 is 0. The second kappa shape index (κ2) is 8.28. The van der Waals surface area contributed by atoms with E-state index in [-0.39, 0.29) is 36.1 Å². The molecule has 0 aliphatic heterocycles. The molecule has 138 valence electrons. The van der Waals surface area contributed by atoms with Crippen molar-refractivity contribution in [1.29, 1.82) is 0 Å². The quantitative estimate of drug-likeness (QED) is 0.560. The normalized spacial score (nSPS) is 10.3. The van der Waals surface area contributed by atoms with Crippen LogP contribution in [-0.2, 0) is 0 Å². The molecule has 0 saturated heterocycles. The molecular weight excluding hydrogens is 341 g/mol. The Hall–Kier alpha value is -3.16. The van der Waals surface area contributed by atoms with E-state index in [4.69, 9.17) is 4.74 Å². The van der Waals surface area contributed by atoms with Gasteiger partial charge in [0.05, 0.1) is 11.5 Å². The number of anilines is 1. The van der Waals surface area contributed by atoms with E-state index in [1.807, 2.05) is 0 Å². The van der Waals surface area contributed by atoms with E-state index in [9.17, 15) is 19.3 Å². The van der Waals surface area contributed by atoms with E-state index in [1.54, 1.807) is 44.2 Å². The minimum atomic E-state index is -0.520. The predicted octanol–water partition coefficient (Wildman–Crippen LogP) is 2.95. The average Bonchev–Trinajstić information content (AvgIpc) is 2.61. The monoisotopic (exact) mass is 361 g/mol. The van der Waals surface area contributed by atoms with Gasteiger partial charge in [0.25, 0.3) is 11.6 Å². The van der Waals surface area contributed by atoms with Crippen molar-refractivity contribution in [1.82, 2.24) is 4.90 Å². The minimum absolute atomic E-state index is 0.0983. The number of hydrogen-bond donors (Lipinski definition) is 0. The molecule has 0 aromatic heterocycles. The lowest BCUT2D eigenvalue weighted by atomic mass is 10.1. The van der Waals surface area contributed by atoms with Gasteiger partial charge in [0.15, 0.2) is 11.6 Å². The van der Waals surface area contributed by atoms with Crippen LogP contribution in [-0.4, -0.2) is 50.0 Å². The summed E-state index contributed by atoms with van der Waals surface area (Å²) in [7, 11) is 4.94. The number of amides is 1. The van der Waals surface area contributed by atoms with Gasteiger partial charge in [-0.05, 0) is 24.3 Å². The van der Waals surface area contributed by atoms with Crippen LogP contribution in [0.3, 0.4) is 0 Å². The van der Waals surface area contributed by atoms with Crippen LogP contribution in [0.2, 0.25) is 0 Å². The Balaban J connectivity index is 2.04. The number of nitro groups is 1. The Morgan fingerprint density at radius 3 is 2.50 bits per heavy atom. The molecule has 0 saturated carbocycles. The average molecular weight is 361 g/mol. The Bertz CT molecular complexity index is 811. The van der Waals surface area contributed by atoms with Crippen LogP contribution >= 0.6 is 0 Å². The molecule has 0 atom stereocenters. The molecule has 26 heavy (non-hydrogen) atoms. The zero-order valence-corrected chi connectivity index (χ0v) is 14.8. The zero-order valence-electron chi connectivity index (χ0n) is 14.8. The Labute approximate surface area is 150 Å². The first kappa shape index (κ1) is 19.2. The van der Waals surface area contributed by atoms with Gasteiger partial charge in [0.2, 0.25) is 0 Å². The van der Waals surface area contributed by atoms with E-state index in [0.717, 1.165) is 0 Å². The summed E-state index contributed by atoms with van der Waals surface area (Å²) in [5.41, 5.74) is 0.477. The van der Waals surface area contributed by atoms with Gasteiger partial charge in [-0.1, -0.05) is 12.1 Å². The largest absolute Gasteiger partial charge is 0.489 e. The van der Waals surface area contributed by atoms with Crippen LogP contribution in [0.5, 0.6) is 5.75 Å². The molecule has 2 aromatic carbocycles. The van der Waals surface area contributed by atoms with E-state index in [2.05, 4.69) is 0 Å². The summed E-state index contributed by atoms with van der Waals surface area (Å²) in [4.78, 5) is 26.2. The third-order valence-electron chi connectivity index (χ3n) is 3.77. The number of nitro benzene ring substituents is 1. The minimum Gasteiger partial charge on any atom is -0.489 e. The summed E-state index contributed by atoms with van der Waals surface area (Å²) in [5.74, 6) is -0.744. The van der Waals surface area contributed by atoms with Gasteiger partial charge in [-0.15, -0.1) is 0 Å². The van der Waals surface area contributed by atoms with E-state index < -0.39 is 10.7 Å². The molecule has 0 aliphatic rings. The number of carbonyl (C=O) groups is 1. The van der Waals surface area contributed by atoms with Gasteiger partial charge in [0, 0.05) is 32.8 Å². The van der Waals surface area contributed by atoms with Gasteiger partial charge < -0.3 is 14.5 Å². The fourth-order valence-corrected chi connectivity index (χ4v) is 2.36. The molecule has 2 aromatic rings. The maximum atomic E-state index is 13.5. The van der Waals surface area contributed by atoms with Crippen molar-refractivity contribution >= 4 is 17.3 Å². The van der Waals surface area contributed by atoms with Gasteiger partial charge in [0.1, 0.15) is 12.3 Å². The molecule has 7 nitrogen and oxygen atoms in total. The zero-order chi connectivity index (χ0) is 19.3. The number of rotatable bonds is 7. The SMILES string of the molecule is CN(CCOc1ccccc1F)C(=O)c1ccc(N(C)C)c([N+](=O)[O-])c1. The van der Waals surface area contributed by atoms with Crippen molar-refractivity contribution in [3.05, 3.63) is 64.0 Å². The Kier molecular flexibility index (Phi) is 6.11. The maximum absolute atomic E-state index is 13.5. The third kappa shape index (κ3) is 4.47. The molecule has 0 fully saturated rings. The number of halogens is 1. The van der Waals surface area contributed by atoms with Crippen molar-refractivity contribution in [2.24, 2.45) is 0 Å². The Morgan fingerprint density at radius 2 is 1.88 bits per heavy atom. The third-order valence-corrected chi connectivity index (χ3v) is 3.77. The van der Waals surface area contributed by atoms with Gasteiger partial charge >= 0.3 is 0 Å². The topological polar surface area (TPSA) is 75.9 Å². The highest BCUT2D eigenvalue weighted by molar-refractivity contribution is 5.95. The molecule has 0 heterocycles. The lowest BCUT2D eigenvalue weighted by Crippen LogP contribution is -2.31. The first-order valence-corrected chi connectivity index (χ1v) is 7.90. The summed E-state index contributed by atoms with van der Waals surface area (Å²) < 4.78 is 18.8. The molecule has 1 amide bonds. The lowest BCUT2D eigenvalue weighted by Gasteiger charge is -2.19. The molecule has 0 radical (unpaired) electrons. The van der Waals surface area contributed by atoms with Crippen molar-refractivity contribution in [3.63, 3.8) is 0 Å². The fourth-order valence-electron chi connectivity index (χ4n) is 2.36. The number of para-hydroxylation sites is 1. The molecule has 0 N–H and O–H groups in total. The molecule has 2 rings (SSSR count). The fraction of sp³-hybridized carbons (Fsp3) is 0.278. The highest BCUT2D eigenvalue weighted by Crippen LogP contribution is 2.28. The van der Waals surface area contributed by atoms with Crippen LogP contribution in [0.1, 0.15) is 10.4 Å². The van der Waals surface area contributed by atoms with Crippen molar-refractivity contribution in [2.45, 2.75) is 0 Å². The van der Waals surface area contributed by atoms with Gasteiger partial charge in [-0.2, -0.15) is 0 Å². The number of ether oxygens (including phenoxy) is 1. The smallest absolute Gasteiger partial charge is 0.293 e. The lowest BCUT2D eigenvalue weighted by molar-refractivity contribution is -0.384. The van der Waals surface area contributed by atoms with E-state index in [1.165, 1.54) is 29.2 Å². The molecule has 0 unspecified atom stereocenters. The number of nitrogens with zero attached hydrogens (tertiary/aromatic N) is 3. The van der Waals surface area contributed by atoms with Crippen LogP contribution in [0.15, 0.2) is 42.5 Å². The predicted molar refractivity (Wildman–Crippen MR) is 96.3 cm³/mol. The van der Waals surface area contributed by atoms with E-state index >= 15 is 0 Å². The second-order valence-corrected chi connectivity index (χ2v) is 5.86. The number of likely N-dealkylation sites (N-methyl/N-ethyl adjacent to an activating group) is 1. The molecule has 0 aliphatic carbocycles. The number of carbonyl (C=O) groups excluding carboxylic acids is 1. The summed E-state index contributed by atoms with van der Waals surface area (Å²) in [6.45, 7) is 0.303. The van der Waals surface area contributed by atoms with Gasteiger partial charge in [-0.25, -0.2) is 4.39 Å². The van der Waals surface area contributed by atoms with Crippen molar-refractivity contribution < 1.29 is 18.8 Å². The highest BCUT2D eigenvalue weighted by Gasteiger charge is 2.20.